The van der Waals surface area contributed by atoms with Crippen LogP contribution in [0, 0.1) is 17.5 Å². The number of pyridine rings is 1. The van der Waals surface area contributed by atoms with Crippen LogP contribution in [0.15, 0.2) is 60.9 Å². The summed E-state index contributed by atoms with van der Waals surface area (Å²) >= 11 is 0. The number of aromatic nitrogens is 1. The van der Waals surface area contributed by atoms with Crippen LogP contribution in [0.4, 0.5) is 36.8 Å². The van der Waals surface area contributed by atoms with Crippen LogP contribution in [0.25, 0.3) is 0 Å². The molecular weight excluding hydrogens is 594 g/mol. The Morgan fingerprint density at radius 1 is 1.07 bits per heavy atom. The molecule has 8 nitrogen and oxygen atoms in total. The average molecular weight is 625 g/mol. The lowest BCUT2D eigenvalue weighted by Gasteiger charge is -2.33. The number of alkyl halides is 3. The minimum absolute atomic E-state index is 0.0487. The monoisotopic (exact) mass is 624 g/mol. The number of nitrogens with zero attached hydrogens (tertiary/aromatic N) is 2. The molecule has 3 aromatic rings. The number of amides is 2. The molecule has 1 fully saturated rings. The molecule has 0 unspecified atom stereocenters. The molecule has 2 aromatic carbocycles. The van der Waals surface area contributed by atoms with Crippen LogP contribution in [0.5, 0.6) is 0 Å². The number of ether oxygens (including phenoxy) is 1. The SMILES string of the molecule is O=C(C[C@H](c1ccc(F)cc1)c1cncc(F)c1)Nc1cccc(F)c1CC[C@@H]1CN[C@@H](CN(CC(F)(F)F)C(=O)O)CO1. The Morgan fingerprint density at radius 2 is 1.82 bits per heavy atom. The van der Waals surface area contributed by atoms with E-state index in [1.807, 2.05) is 0 Å². The molecule has 3 atom stereocenters. The van der Waals surface area contributed by atoms with E-state index in [-0.39, 0.29) is 42.1 Å². The van der Waals surface area contributed by atoms with E-state index in [1.54, 1.807) is 0 Å². The van der Waals surface area contributed by atoms with Gasteiger partial charge in [0.2, 0.25) is 5.91 Å². The Balaban J connectivity index is 1.37. The van der Waals surface area contributed by atoms with Crippen molar-refractivity contribution >= 4 is 17.7 Å². The fourth-order valence-electron chi connectivity index (χ4n) is 5.03. The van der Waals surface area contributed by atoms with Crippen molar-refractivity contribution in [2.75, 3.05) is 31.6 Å². The summed E-state index contributed by atoms with van der Waals surface area (Å²) in [7, 11) is 0. The first-order chi connectivity index (χ1) is 20.9. The summed E-state index contributed by atoms with van der Waals surface area (Å²) in [6.07, 6.45) is -4.13. The third kappa shape index (κ3) is 9.41. The number of halogens is 6. The number of carboxylic acid groups (broad SMARTS) is 1. The van der Waals surface area contributed by atoms with Crippen molar-refractivity contribution in [3.8, 4) is 0 Å². The summed E-state index contributed by atoms with van der Waals surface area (Å²) in [6, 6.07) is 10.2. The van der Waals surface area contributed by atoms with Gasteiger partial charge in [0.1, 0.15) is 24.0 Å². The molecule has 236 valence electrons. The highest BCUT2D eigenvalue weighted by molar-refractivity contribution is 5.92. The van der Waals surface area contributed by atoms with E-state index in [9.17, 15) is 35.9 Å². The highest BCUT2D eigenvalue weighted by Gasteiger charge is 2.35. The van der Waals surface area contributed by atoms with E-state index in [0.717, 1.165) is 6.20 Å². The van der Waals surface area contributed by atoms with Crippen molar-refractivity contribution in [3.63, 3.8) is 0 Å². The zero-order chi connectivity index (χ0) is 31.9. The van der Waals surface area contributed by atoms with Crippen LogP contribution < -0.4 is 10.6 Å². The van der Waals surface area contributed by atoms with Gasteiger partial charge in [0, 0.05) is 48.9 Å². The topological polar surface area (TPSA) is 104 Å². The zero-order valence-corrected chi connectivity index (χ0v) is 23.3. The predicted molar refractivity (Wildman–Crippen MR) is 148 cm³/mol. The molecule has 0 bridgehead atoms. The van der Waals surface area contributed by atoms with Gasteiger partial charge in [-0.25, -0.2) is 18.0 Å². The largest absolute Gasteiger partial charge is 0.465 e. The van der Waals surface area contributed by atoms with Crippen LogP contribution in [0.1, 0.15) is 35.4 Å². The van der Waals surface area contributed by atoms with Gasteiger partial charge < -0.3 is 20.5 Å². The Labute approximate surface area is 249 Å². The summed E-state index contributed by atoms with van der Waals surface area (Å²) in [5.74, 6) is -2.82. The number of morpholine rings is 1. The molecular formula is C30H30F6N4O4. The molecule has 0 aliphatic carbocycles. The molecule has 1 aliphatic heterocycles. The van der Waals surface area contributed by atoms with Gasteiger partial charge in [0.05, 0.1) is 18.9 Å². The van der Waals surface area contributed by atoms with Gasteiger partial charge in [0.25, 0.3) is 0 Å². The van der Waals surface area contributed by atoms with Crippen LogP contribution in [-0.4, -0.2) is 71.6 Å². The van der Waals surface area contributed by atoms with Crippen molar-refractivity contribution in [2.24, 2.45) is 0 Å². The molecule has 1 aliphatic rings. The molecule has 0 radical (unpaired) electrons. The number of rotatable bonds is 11. The molecule has 0 saturated carbocycles. The lowest BCUT2D eigenvalue weighted by molar-refractivity contribution is -0.143. The maximum atomic E-state index is 14.9. The van der Waals surface area contributed by atoms with E-state index in [1.165, 1.54) is 54.7 Å². The van der Waals surface area contributed by atoms with E-state index in [0.29, 0.717) is 17.5 Å². The number of carbonyl (C=O) groups excluding carboxylic acids is 1. The second kappa shape index (κ2) is 14.5. The number of hydrogen-bond donors (Lipinski definition) is 3. The van der Waals surface area contributed by atoms with E-state index < -0.39 is 66.8 Å². The van der Waals surface area contributed by atoms with E-state index in [2.05, 4.69) is 15.6 Å². The molecule has 14 heteroatoms. The van der Waals surface area contributed by atoms with Crippen molar-refractivity contribution in [3.05, 3.63) is 95.1 Å². The number of benzene rings is 2. The quantitative estimate of drug-likeness (QED) is 0.244. The normalized spacial score (nSPS) is 17.6. The van der Waals surface area contributed by atoms with Crippen molar-refractivity contribution in [1.29, 1.82) is 0 Å². The van der Waals surface area contributed by atoms with Gasteiger partial charge in [-0.2, -0.15) is 13.2 Å². The number of hydrogen-bond acceptors (Lipinski definition) is 5. The van der Waals surface area contributed by atoms with Crippen molar-refractivity contribution in [2.45, 2.75) is 43.5 Å². The van der Waals surface area contributed by atoms with Gasteiger partial charge >= 0.3 is 12.3 Å². The number of anilines is 1. The Morgan fingerprint density at radius 3 is 2.45 bits per heavy atom. The predicted octanol–water partition coefficient (Wildman–Crippen LogP) is 5.49. The summed E-state index contributed by atoms with van der Waals surface area (Å²) in [5.41, 5.74) is 1.38. The zero-order valence-electron chi connectivity index (χ0n) is 23.3. The van der Waals surface area contributed by atoms with Crippen LogP contribution in [0.2, 0.25) is 0 Å². The Bertz CT molecular complexity index is 1430. The highest BCUT2D eigenvalue weighted by atomic mass is 19.4. The molecule has 4 rings (SSSR count). The number of carbonyl (C=O) groups is 2. The molecule has 3 N–H and O–H groups in total. The fraction of sp³-hybridized carbons (Fsp3) is 0.367. The van der Waals surface area contributed by atoms with Gasteiger partial charge in [-0.3, -0.25) is 14.7 Å². The number of nitrogens with one attached hydrogen (secondary N) is 2. The minimum Gasteiger partial charge on any atom is -0.465 e. The summed E-state index contributed by atoms with van der Waals surface area (Å²) in [6.45, 7) is -1.88. The summed E-state index contributed by atoms with van der Waals surface area (Å²) < 4.78 is 86.2. The maximum absolute atomic E-state index is 14.9. The lowest BCUT2D eigenvalue weighted by atomic mass is 9.89. The fourth-order valence-corrected chi connectivity index (χ4v) is 5.03. The van der Waals surface area contributed by atoms with Gasteiger partial charge in [0.15, 0.2) is 0 Å². The summed E-state index contributed by atoms with van der Waals surface area (Å²) in [4.78, 5) is 28.5. The van der Waals surface area contributed by atoms with Crippen LogP contribution in [-0.2, 0) is 16.0 Å². The molecule has 2 heterocycles. The average Bonchev–Trinajstić information content (AvgIpc) is 2.96. The first kappa shape index (κ1) is 32.7. The van der Waals surface area contributed by atoms with E-state index >= 15 is 0 Å². The second-order valence-electron chi connectivity index (χ2n) is 10.4. The highest BCUT2D eigenvalue weighted by Crippen LogP contribution is 2.30. The van der Waals surface area contributed by atoms with Crippen LogP contribution >= 0.6 is 0 Å². The van der Waals surface area contributed by atoms with Crippen molar-refractivity contribution in [1.82, 2.24) is 15.2 Å². The third-order valence-electron chi connectivity index (χ3n) is 7.15. The third-order valence-corrected chi connectivity index (χ3v) is 7.15. The molecule has 0 spiro atoms. The van der Waals surface area contributed by atoms with Gasteiger partial charge in [-0.15, -0.1) is 0 Å². The van der Waals surface area contributed by atoms with Gasteiger partial charge in [-0.05, 0) is 54.3 Å². The lowest BCUT2D eigenvalue weighted by Crippen LogP contribution is -2.53. The Kier molecular flexibility index (Phi) is 10.8. The standard InChI is InChI=1S/C30H30F6N4O4/c31-20-6-4-18(5-7-20)25(19-10-21(32)13-37-12-19)11-28(41)39-27-3-1-2-26(33)24(27)9-8-23-14-38-22(16-44-23)15-40(29(42)43)17-30(34,35)36/h1-7,10,12-13,22-23,25,38H,8-9,11,14-17H2,(H,39,41)(H,42,43)/t22-,23+,25+/m0/s1. The smallest absolute Gasteiger partial charge is 0.407 e. The molecule has 44 heavy (non-hydrogen) atoms. The molecule has 1 saturated heterocycles. The Hall–Kier alpha value is -4.17. The first-order valence-electron chi connectivity index (χ1n) is 13.7. The van der Waals surface area contributed by atoms with Crippen molar-refractivity contribution < 1.29 is 45.8 Å². The maximum Gasteiger partial charge on any atom is 0.407 e. The van der Waals surface area contributed by atoms with Gasteiger partial charge in [-0.1, -0.05) is 18.2 Å². The molecule has 1 aromatic heterocycles. The molecule has 2 amide bonds. The summed E-state index contributed by atoms with van der Waals surface area (Å²) in [5, 5.41) is 14.8. The first-order valence-corrected chi connectivity index (χ1v) is 13.7. The van der Waals surface area contributed by atoms with Crippen LogP contribution in [0.3, 0.4) is 0 Å². The minimum atomic E-state index is -4.68. The van der Waals surface area contributed by atoms with E-state index in [4.69, 9.17) is 9.84 Å². The second-order valence-corrected chi connectivity index (χ2v) is 10.4.